The average Bonchev–Trinajstić information content (AvgIpc) is 3.28. The van der Waals surface area contributed by atoms with E-state index in [-0.39, 0.29) is 28.8 Å². The van der Waals surface area contributed by atoms with Crippen LogP contribution < -0.4 is 19.6 Å². The first-order valence-corrected chi connectivity index (χ1v) is 13.0. The van der Waals surface area contributed by atoms with Crippen LogP contribution in [0.2, 0.25) is 0 Å². The lowest BCUT2D eigenvalue weighted by molar-refractivity contribution is 0.0714. The number of amides is 1. The third kappa shape index (κ3) is 4.89. The maximum absolute atomic E-state index is 14.1. The molecule has 41 heavy (non-hydrogen) atoms. The maximum atomic E-state index is 14.1. The van der Waals surface area contributed by atoms with Gasteiger partial charge in [-0.05, 0) is 59.2 Å². The molecule has 0 bridgehead atoms. The Hall–Kier alpha value is -5.11. The summed E-state index contributed by atoms with van der Waals surface area (Å²) in [5, 5.41) is 0.0719. The molecule has 0 saturated carbocycles. The predicted molar refractivity (Wildman–Crippen MR) is 151 cm³/mol. The molecule has 1 atom stereocenters. The molecule has 8 heteroatoms. The summed E-state index contributed by atoms with van der Waals surface area (Å²) in [6.45, 7) is 0.530. The molecule has 7 nitrogen and oxygen atoms in total. The molecule has 4 aromatic carbocycles. The van der Waals surface area contributed by atoms with Gasteiger partial charge in [0.05, 0.1) is 31.2 Å². The summed E-state index contributed by atoms with van der Waals surface area (Å²) in [7, 11) is 3.11. The van der Waals surface area contributed by atoms with Gasteiger partial charge in [0.1, 0.15) is 23.8 Å². The molecule has 1 aliphatic rings. The average molecular weight is 552 g/mol. The number of halogens is 1. The molecule has 0 radical (unpaired) electrons. The summed E-state index contributed by atoms with van der Waals surface area (Å²) in [6, 6.07) is 25.3. The Labute approximate surface area is 235 Å². The minimum absolute atomic E-state index is 0.0593. The molecule has 0 aliphatic carbocycles. The Morgan fingerprint density at radius 2 is 1.61 bits per heavy atom. The molecule has 1 amide bonds. The number of methoxy groups -OCH3 is 2. The summed E-state index contributed by atoms with van der Waals surface area (Å²) in [4.78, 5) is 29.2. The Morgan fingerprint density at radius 3 is 2.34 bits per heavy atom. The normalized spacial score (nSPS) is 14.3. The third-order valence-corrected chi connectivity index (χ3v) is 7.18. The van der Waals surface area contributed by atoms with Crippen molar-refractivity contribution >= 4 is 16.9 Å². The van der Waals surface area contributed by atoms with E-state index in [4.69, 9.17) is 18.6 Å². The minimum atomic E-state index is -0.805. The van der Waals surface area contributed by atoms with Crippen molar-refractivity contribution in [3.63, 3.8) is 0 Å². The highest BCUT2D eigenvalue weighted by Gasteiger charge is 2.43. The van der Waals surface area contributed by atoms with E-state index in [0.29, 0.717) is 29.4 Å². The van der Waals surface area contributed by atoms with E-state index in [1.54, 1.807) is 42.3 Å². The molecule has 0 saturated heterocycles. The second-order valence-electron chi connectivity index (χ2n) is 9.68. The standard InChI is InChI=1S/C33H26FNO6/c1-38-24-12-8-20(9-13-24)18-35-30(29-31(36)25-17-23(34)11-15-26(25)41-32(29)33(35)37)22-10-14-27(28(16-22)39-2)40-19-21-6-4-3-5-7-21/h3-17,30H,18-19H2,1-2H3. The zero-order chi connectivity index (χ0) is 28.5. The van der Waals surface area contributed by atoms with Crippen LogP contribution in [-0.4, -0.2) is 25.0 Å². The van der Waals surface area contributed by atoms with Gasteiger partial charge in [0.2, 0.25) is 5.76 Å². The summed E-state index contributed by atoms with van der Waals surface area (Å²) in [6.07, 6.45) is 0. The lowest BCUT2D eigenvalue weighted by Gasteiger charge is -2.26. The van der Waals surface area contributed by atoms with Gasteiger partial charge in [-0.3, -0.25) is 9.59 Å². The maximum Gasteiger partial charge on any atom is 0.291 e. The Balaban J connectivity index is 1.44. The van der Waals surface area contributed by atoms with E-state index in [9.17, 15) is 14.0 Å². The van der Waals surface area contributed by atoms with Crippen molar-refractivity contribution in [2.24, 2.45) is 0 Å². The molecular formula is C33H26FNO6. The van der Waals surface area contributed by atoms with Crippen LogP contribution in [0.15, 0.2) is 100 Å². The second kappa shape index (κ2) is 10.8. The first kappa shape index (κ1) is 26.1. The number of benzene rings is 4. The van der Waals surface area contributed by atoms with Crippen LogP contribution in [-0.2, 0) is 13.2 Å². The molecule has 6 rings (SSSR count). The van der Waals surface area contributed by atoms with Crippen LogP contribution in [0, 0.1) is 5.82 Å². The van der Waals surface area contributed by atoms with Gasteiger partial charge in [-0.25, -0.2) is 4.39 Å². The van der Waals surface area contributed by atoms with Crippen molar-refractivity contribution in [2.75, 3.05) is 14.2 Å². The van der Waals surface area contributed by atoms with Gasteiger partial charge >= 0.3 is 0 Å². The monoisotopic (exact) mass is 551 g/mol. The Kier molecular flexibility index (Phi) is 6.89. The smallest absolute Gasteiger partial charge is 0.291 e. The van der Waals surface area contributed by atoms with Crippen molar-refractivity contribution in [3.8, 4) is 17.2 Å². The van der Waals surface area contributed by atoms with Gasteiger partial charge in [0.25, 0.3) is 5.91 Å². The summed E-state index contributed by atoms with van der Waals surface area (Å²) in [5.41, 5.74) is 2.29. The number of carbonyl (C=O) groups is 1. The zero-order valence-electron chi connectivity index (χ0n) is 22.4. The van der Waals surface area contributed by atoms with Crippen LogP contribution in [0.1, 0.15) is 38.9 Å². The van der Waals surface area contributed by atoms with Crippen molar-refractivity contribution < 1.29 is 27.8 Å². The fraction of sp³-hybridized carbons (Fsp3) is 0.152. The van der Waals surface area contributed by atoms with Gasteiger partial charge in [0.15, 0.2) is 16.9 Å². The van der Waals surface area contributed by atoms with E-state index < -0.39 is 23.2 Å². The second-order valence-corrected chi connectivity index (χ2v) is 9.68. The van der Waals surface area contributed by atoms with Crippen LogP contribution in [0.4, 0.5) is 4.39 Å². The highest BCUT2D eigenvalue weighted by molar-refractivity contribution is 5.99. The SMILES string of the molecule is COc1ccc(CN2C(=O)c3oc4ccc(F)cc4c(=O)c3C2c2ccc(OCc3ccccc3)c(OC)c2)cc1. The number of hydrogen-bond donors (Lipinski definition) is 0. The van der Waals surface area contributed by atoms with E-state index in [2.05, 4.69) is 0 Å². The highest BCUT2D eigenvalue weighted by atomic mass is 19.1. The molecular weight excluding hydrogens is 525 g/mol. The molecule has 0 spiro atoms. The molecule has 206 valence electrons. The lowest BCUT2D eigenvalue weighted by Crippen LogP contribution is -2.29. The van der Waals surface area contributed by atoms with Gasteiger partial charge in [-0.1, -0.05) is 48.5 Å². The predicted octanol–water partition coefficient (Wildman–Crippen LogP) is 6.27. The van der Waals surface area contributed by atoms with Crippen LogP contribution in [0.25, 0.3) is 11.0 Å². The number of nitrogens with zero attached hydrogens (tertiary/aromatic N) is 1. The van der Waals surface area contributed by atoms with Gasteiger partial charge < -0.3 is 23.5 Å². The number of hydrogen-bond acceptors (Lipinski definition) is 6. The summed E-state index contributed by atoms with van der Waals surface area (Å²) < 4.78 is 37.0. The van der Waals surface area contributed by atoms with E-state index in [1.165, 1.54) is 19.2 Å². The van der Waals surface area contributed by atoms with Crippen LogP contribution >= 0.6 is 0 Å². The highest BCUT2D eigenvalue weighted by Crippen LogP contribution is 2.42. The van der Waals surface area contributed by atoms with Crippen molar-refractivity contribution in [1.82, 2.24) is 4.90 Å². The van der Waals surface area contributed by atoms with Crippen molar-refractivity contribution in [1.29, 1.82) is 0 Å². The fourth-order valence-corrected chi connectivity index (χ4v) is 5.14. The summed E-state index contributed by atoms with van der Waals surface area (Å²) >= 11 is 0. The number of rotatable bonds is 8. The van der Waals surface area contributed by atoms with Crippen molar-refractivity contribution in [2.45, 2.75) is 19.2 Å². The van der Waals surface area contributed by atoms with E-state index in [0.717, 1.165) is 17.2 Å². The first-order valence-electron chi connectivity index (χ1n) is 13.0. The molecule has 5 aromatic rings. The van der Waals surface area contributed by atoms with E-state index >= 15 is 0 Å². The topological polar surface area (TPSA) is 78.2 Å². The first-order chi connectivity index (χ1) is 20.0. The number of ether oxygens (including phenoxy) is 3. The largest absolute Gasteiger partial charge is 0.497 e. The van der Waals surface area contributed by atoms with Crippen LogP contribution in [0.3, 0.4) is 0 Å². The minimum Gasteiger partial charge on any atom is -0.497 e. The van der Waals surface area contributed by atoms with E-state index in [1.807, 2.05) is 42.5 Å². The molecule has 1 unspecified atom stereocenters. The van der Waals surface area contributed by atoms with Gasteiger partial charge in [0, 0.05) is 6.54 Å². The third-order valence-electron chi connectivity index (χ3n) is 7.18. The quantitative estimate of drug-likeness (QED) is 0.226. The Morgan fingerprint density at radius 1 is 0.829 bits per heavy atom. The molecule has 1 aromatic heterocycles. The van der Waals surface area contributed by atoms with Crippen molar-refractivity contribution in [3.05, 3.63) is 135 Å². The lowest BCUT2D eigenvalue weighted by atomic mass is 9.97. The molecule has 0 N–H and O–H groups in total. The number of carbonyl (C=O) groups excluding carboxylic acids is 1. The van der Waals surface area contributed by atoms with Crippen LogP contribution in [0.5, 0.6) is 17.2 Å². The number of fused-ring (bicyclic) bond motifs is 2. The van der Waals surface area contributed by atoms with Gasteiger partial charge in [-0.15, -0.1) is 0 Å². The molecule has 2 heterocycles. The summed E-state index contributed by atoms with van der Waals surface area (Å²) in [5.74, 6) is 0.576. The Bertz CT molecular complexity index is 1800. The zero-order valence-corrected chi connectivity index (χ0v) is 22.4. The molecule has 0 fully saturated rings. The molecule has 1 aliphatic heterocycles. The van der Waals surface area contributed by atoms with Gasteiger partial charge in [-0.2, -0.15) is 0 Å². The fourth-order valence-electron chi connectivity index (χ4n) is 5.14.